The van der Waals surface area contributed by atoms with Crippen molar-refractivity contribution in [1.29, 1.82) is 0 Å². The van der Waals surface area contributed by atoms with E-state index in [9.17, 15) is 13.2 Å². The predicted molar refractivity (Wildman–Crippen MR) is 144 cm³/mol. The Kier molecular flexibility index (Phi) is 7.61. The van der Waals surface area contributed by atoms with E-state index in [1.165, 1.54) is 6.20 Å². The molecule has 13 heteroatoms. The number of carbonyl (C=O) groups excluding carboxylic acids is 1. The van der Waals surface area contributed by atoms with Gasteiger partial charge in [-0.1, -0.05) is 0 Å². The Hall–Kier alpha value is -3.13. The van der Waals surface area contributed by atoms with Crippen LogP contribution in [0.3, 0.4) is 0 Å². The van der Waals surface area contributed by atoms with Crippen molar-refractivity contribution in [2.24, 2.45) is 0 Å². The summed E-state index contributed by atoms with van der Waals surface area (Å²) < 4.78 is 32.2. The van der Waals surface area contributed by atoms with Crippen LogP contribution in [0.5, 0.6) is 0 Å². The molecule has 2 amide bonds. The van der Waals surface area contributed by atoms with E-state index < -0.39 is 20.6 Å². The number of sulfone groups is 1. The number of thiazole rings is 1. The number of amides is 2. The molecular weight excluding hydrogens is 528 g/mol. The molecule has 1 atom stereocenters. The zero-order chi connectivity index (χ0) is 26.8. The molecule has 5 rings (SSSR count). The summed E-state index contributed by atoms with van der Waals surface area (Å²) in [6.45, 7) is 3.79. The second-order valence-electron chi connectivity index (χ2n) is 9.38. The molecule has 1 aliphatic carbocycles. The van der Waals surface area contributed by atoms with Crippen LogP contribution in [0.2, 0.25) is 0 Å². The fraction of sp³-hybridized carbons (Fsp3) is 0.440. The smallest absolute Gasteiger partial charge is 0.319 e. The maximum Gasteiger partial charge on any atom is 0.319 e. The number of nitrogens with one attached hydrogen (secondary N) is 2. The predicted octanol–water partition coefficient (Wildman–Crippen LogP) is 2.79. The lowest BCUT2D eigenvalue weighted by Gasteiger charge is -2.40. The normalized spacial score (nSPS) is 19.0. The minimum Gasteiger partial charge on any atom is -0.395 e. The van der Waals surface area contributed by atoms with Gasteiger partial charge in [0, 0.05) is 42.0 Å². The van der Waals surface area contributed by atoms with E-state index in [4.69, 9.17) is 19.8 Å². The Morgan fingerprint density at radius 2 is 2.05 bits per heavy atom. The van der Waals surface area contributed by atoms with E-state index in [-0.39, 0.29) is 23.5 Å². The van der Waals surface area contributed by atoms with Crippen molar-refractivity contribution < 1.29 is 23.1 Å². The largest absolute Gasteiger partial charge is 0.395 e. The van der Waals surface area contributed by atoms with Crippen LogP contribution in [-0.2, 0) is 19.3 Å². The van der Waals surface area contributed by atoms with Crippen LogP contribution in [-0.4, -0.2) is 73.5 Å². The van der Waals surface area contributed by atoms with Crippen molar-refractivity contribution in [3.63, 3.8) is 0 Å². The van der Waals surface area contributed by atoms with Crippen molar-refractivity contribution in [2.75, 3.05) is 43.1 Å². The summed E-state index contributed by atoms with van der Waals surface area (Å²) in [5, 5.41) is 15.8. The number of anilines is 2. The maximum absolute atomic E-state index is 13.8. The molecule has 0 bridgehead atoms. The van der Waals surface area contributed by atoms with Gasteiger partial charge in [0.25, 0.3) is 0 Å². The number of hydrogen-bond acceptors (Lipinski definition) is 10. The Morgan fingerprint density at radius 1 is 1.26 bits per heavy atom. The number of morpholine rings is 1. The zero-order valence-corrected chi connectivity index (χ0v) is 22.6. The highest BCUT2D eigenvalue weighted by atomic mass is 32.2. The minimum absolute atomic E-state index is 0.0660. The van der Waals surface area contributed by atoms with Gasteiger partial charge in [-0.2, -0.15) is 0 Å². The summed E-state index contributed by atoms with van der Waals surface area (Å²) in [7, 11) is -3.76. The summed E-state index contributed by atoms with van der Waals surface area (Å²) in [6.07, 6.45) is 3.23. The van der Waals surface area contributed by atoms with Crippen molar-refractivity contribution >= 4 is 38.7 Å². The Balaban J connectivity index is 1.55. The molecule has 1 aromatic carbocycles. The van der Waals surface area contributed by atoms with Crippen LogP contribution in [0.1, 0.15) is 31.9 Å². The fourth-order valence-corrected chi connectivity index (χ4v) is 7.98. The molecule has 3 aromatic rings. The van der Waals surface area contributed by atoms with E-state index in [1.807, 2.05) is 13.0 Å². The first-order valence-electron chi connectivity index (χ1n) is 12.5. The van der Waals surface area contributed by atoms with Crippen LogP contribution < -0.4 is 15.5 Å². The number of rotatable bonds is 8. The number of hydrogen-bond donors (Lipinski definition) is 3. The molecule has 38 heavy (non-hydrogen) atoms. The second kappa shape index (κ2) is 10.9. The standard InChI is InChI=1S/C25H30N6O5S2/c1-17-16-36-13-11-31(17)21-15-20(25(7-2-8-25)38(34,35)24-27-10-14-37-24)29-22(30-21)18-3-5-19(6-4-18)28-23(33)26-9-12-32/h3-6,10,14-15,17,32H,2,7-9,11-13,16H2,1H3,(H2,26,28,33)/t17-/m0/s1. The van der Waals surface area contributed by atoms with Gasteiger partial charge >= 0.3 is 6.03 Å². The molecule has 2 fully saturated rings. The van der Waals surface area contributed by atoms with Crippen molar-refractivity contribution in [1.82, 2.24) is 20.3 Å². The quantitative estimate of drug-likeness (QED) is 0.380. The Bertz CT molecular complexity index is 1380. The highest BCUT2D eigenvalue weighted by molar-refractivity contribution is 7.94. The summed E-state index contributed by atoms with van der Waals surface area (Å²) in [4.78, 5) is 27.9. The van der Waals surface area contributed by atoms with E-state index >= 15 is 0 Å². The molecule has 2 aromatic heterocycles. The second-order valence-corrected chi connectivity index (χ2v) is 12.7. The van der Waals surface area contributed by atoms with Crippen LogP contribution in [0, 0.1) is 0 Å². The van der Waals surface area contributed by atoms with Gasteiger partial charge in [-0.15, -0.1) is 11.3 Å². The molecule has 0 spiro atoms. The lowest BCUT2D eigenvalue weighted by Crippen LogP contribution is -2.46. The highest BCUT2D eigenvalue weighted by Gasteiger charge is 2.53. The zero-order valence-electron chi connectivity index (χ0n) is 21.0. The Morgan fingerprint density at radius 3 is 2.68 bits per heavy atom. The third-order valence-corrected chi connectivity index (χ3v) is 10.7. The van der Waals surface area contributed by atoms with Crippen LogP contribution in [0.15, 0.2) is 46.2 Å². The lowest BCUT2D eigenvalue weighted by atomic mass is 9.81. The van der Waals surface area contributed by atoms with Gasteiger partial charge in [0.2, 0.25) is 14.2 Å². The Labute approximate surface area is 225 Å². The molecule has 3 N–H and O–H groups in total. The van der Waals surface area contributed by atoms with E-state index in [0.29, 0.717) is 61.2 Å². The summed E-state index contributed by atoms with van der Waals surface area (Å²) in [5.41, 5.74) is 1.73. The number of urea groups is 1. The topological polar surface area (TPSA) is 147 Å². The average Bonchev–Trinajstić information content (AvgIpc) is 3.43. The van der Waals surface area contributed by atoms with Crippen molar-refractivity contribution in [3.05, 3.63) is 47.6 Å². The SMILES string of the molecule is C[C@H]1COCCN1c1cc(C2(S(=O)(=O)c3nccs3)CCC2)nc(-c2ccc(NC(=O)NCCO)cc2)n1. The minimum atomic E-state index is -3.76. The van der Waals surface area contributed by atoms with Gasteiger partial charge in [0.15, 0.2) is 5.82 Å². The van der Waals surface area contributed by atoms with Crippen LogP contribution >= 0.6 is 11.3 Å². The lowest BCUT2D eigenvalue weighted by molar-refractivity contribution is 0.0985. The molecule has 1 saturated heterocycles. The van der Waals surface area contributed by atoms with Gasteiger partial charge in [-0.25, -0.2) is 28.2 Å². The number of nitrogens with zero attached hydrogens (tertiary/aromatic N) is 4. The molecule has 11 nitrogen and oxygen atoms in total. The fourth-order valence-electron chi connectivity index (χ4n) is 4.73. The number of carbonyl (C=O) groups is 1. The monoisotopic (exact) mass is 558 g/mol. The first kappa shape index (κ1) is 26.5. The molecule has 1 aliphatic heterocycles. The number of aromatic nitrogens is 3. The number of aliphatic hydroxyl groups excluding tert-OH is 1. The van der Waals surface area contributed by atoms with Gasteiger partial charge in [0.05, 0.1) is 31.6 Å². The van der Waals surface area contributed by atoms with Gasteiger partial charge in [-0.3, -0.25) is 0 Å². The van der Waals surface area contributed by atoms with Gasteiger partial charge < -0.3 is 25.4 Å². The highest BCUT2D eigenvalue weighted by Crippen LogP contribution is 2.51. The van der Waals surface area contributed by atoms with Crippen molar-refractivity contribution in [2.45, 2.75) is 41.3 Å². The first-order valence-corrected chi connectivity index (χ1v) is 14.8. The molecule has 1 saturated carbocycles. The average molecular weight is 559 g/mol. The van der Waals surface area contributed by atoms with Crippen LogP contribution in [0.25, 0.3) is 11.4 Å². The molecule has 0 unspecified atom stereocenters. The molecular formula is C25H30N6O5S2. The van der Waals surface area contributed by atoms with Crippen LogP contribution in [0.4, 0.5) is 16.3 Å². The van der Waals surface area contributed by atoms with Gasteiger partial charge in [0.1, 0.15) is 10.6 Å². The summed E-state index contributed by atoms with van der Waals surface area (Å²) >= 11 is 1.12. The number of benzene rings is 1. The first-order chi connectivity index (χ1) is 18.3. The maximum atomic E-state index is 13.8. The van der Waals surface area contributed by atoms with Gasteiger partial charge in [-0.05, 0) is 50.5 Å². The summed E-state index contributed by atoms with van der Waals surface area (Å²) in [5.74, 6) is 1.07. The molecule has 3 heterocycles. The van der Waals surface area contributed by atoms with E-state index in [1.54, 1.807) is 29.6 Å². The number of aliphatic hydroxyl groups is 1. The molecule has 2 aliphatic rings. The van der Waals surface area contributed by atoms with Crippen molar-refractivity contribution in [3.8, 4) is 11.4 Å². The molecule has 0 radical (unpaired) electrons. The third kappa shape index (κ3) is 4.98. The summed E-state index contributed by atoms with van der Waals surface area (Å²) in [6, 6.07) is 8.49. The van der Waals surface area contributed by atoms with E-state index in [0.717, 1.165) is 17.8 Å². The molecule has 202 valence electrons. The number of ether oxygens (including phenoxy) is 1. The third-order valence-electron chi connectivity index (χ3n) is 6.95. The van der Waals surface area contributed by atoms with E-state index in [2.05, 4.69) is 20.5 Å².